The zero-order valence-corrected chi connectivity index (χ0v) is 9.71. The quantitative estimate of drug-likeness (QED) is 0.886. The predicted octanol–water partition coefficient (Wildman–Crippen LogP) is 3.25. The van der Waals surface area contributed by atoms with E-state index in [2.05, 4.69) is 0 Å². The highest BCUT2D eigenvalue weighted by Gasteiger charge is 2.31. The van der Waals surface area contributed by atoms with Gasteiger partial charge in [0.2, 0.25) is 0 Å². The maximum absolute atomic E-state index is 12.5. The Kier molecular flexibility index (Phi) is 4.03. The first-order valence-corrected chi connectivity index (χ1v) is 5.22. The fraction of sp³-hybridized carbons (Fsp3) is 0.500. The molecule has 1 aromatic rings. The third kappa shape index (κ3) is 4.26. The molecule has 0 fully saturated rings. The number of alkyl halides is 3. The molecule has 17 heavy (non-hydrogen) atoms. The smallest absolute Gasteiger partial charge is 0.416 e. The molecule has 1 N–H and O–H groups in total. The van der Waals surface area contributed by atoms with Gasteiger partial charge in [0.25, 0.3) is 0 Å². The van der Waals surface area contributed by atoms with E-state index in [0.29, 0.717) is 6.42 Å². The maximum Gasteiger partial charge on any atom is 0.416 e. The van der Waals surface area contributed by atoms with E-state index in [4.69, 9.17) is 9.84 Å². The molecule has 0 saturated carbocycles. The highest BCUT2D eigenvalue weighted by molar-refractivity contribution is 5.30. The van der Waals surface area contributed by atoms with Crippen molar-refractivity contribution in [1.29, 1.82) is 0 Å². The van der Waals surface area contributed by atoms with E-state index in [1.807, 2.05) is 0 Å². The van der Waals surface area contributed by atoms with Gasteiger partial charge in [0, 0.05) is 13.0 Å². The van der Waals surface area contributed by atoms with Gasteiger partial charge in [-0.05, 0) is 32.0 Å². The molecular weight excluding hydrogens is 233 g/mol. The first kappa shape index (κ1) is 13.8. The highest BCUT2D eigenvalue weighted by atomic mass is 19.4. The van der Waals surface area contributed by atoms with Crippen molar-refractivity contribution >= 4 is 0 Å². The molecule has 1 aromatic carbocycles. The molecule has 0 unspecified atom stereocenters. The number of rotatable bonds is 4. The largest absolute Gasteiger partial charge is 0.488 e. The van der Waals surface area contributed by atoms with Gasteiger partial charge in [0.05, 0.1) is 5.56 Å². The molecule has 0 aliphatic rings. The average Bonchev–Trinajstić information content (AvgIpc) is 2.15. The normalized spacial score (nSPS) is 12.6. The summed E-state index contributed by atoms with van der Waals surface area (Å²) in [6, 6.07) is 4.71. The third-order valence-electron chi connectivity index (χ3n) is 2.27. The summed E-state index contributed by atoms with van der Waals surface area (Å²) in [6.45, 7) is 3.35. The minimum Gasteiger partial charge on any atom is -0.488 e. The lowest BCUT2D eigenvalue weighted by Crippen LogP contribution is -2.29. The van der Waals surface area contributed by atoms with Crippen molar-refractivity contribution in [2.24, 2.45) is 0 Å². The minimum atomic E-state index is -4.37. The van der Waals surface area contributed by atoms with Crippen molar-refractivity contribution in [1.82, 2.24) is 0 Å². The predicted molar refractivity (Wildman–Crippen MR) is 57.9 cm³/mol. The van der Waals surface area contributed by atoms with E-state index in [1.54, 1.807) is 13.8 Å². The Morgan fingerprint density at radius 3 is 2.41 bits per heavy atom. The summed E-state index contributed by atoms with van der Waals surface area (Å²) in [5, 5.41) is 8.80. The van der Waals surface area contributed by atoms with Crippen LogP contribution in [-0.4, -0.2) is 17.3 Å². The van der Waals surface area contributed by atoms with Crippen molar-refractivity contribution in [3.63, 3.8) is 0 Å². The number of ether oxygens (including phenoxy) is 1. The molecule has 0 spiro atoms. The number of aliphatic hydroxyl groups is 1. The van der Waals surface area contributed by atoms with E-state index in [-0.39, 0.29) is 12.4 Å². The second kappa shape index (κ2) is 4.96. The zero-order chi connectivity index (χ0) is 13.1. The van der Waals surface area contributed by atoms with E-state index in [0.717, 1.165) is 12.1 Å². The molecule has 96 valence electrons. The second-order valence-electron chi connectivity index (χ2n) is 4.36. The van der Waals surface area contributed by atoms with Gasteiger partial charge in [0.15, 0.2) is 0 Å². The molecule has 0 aromatic heterocycles. The summed E-state index contributed by atoms with van der Waals surface area (Å²) in [4.78, 5) is 0. The van der Waals surface area contributed by atoms with E-state index < -0.39 is 17.3 Å². The van der Waals surface area contributed by atoms with Crippen molar-refractivity contribution in [2.75, 3.05) is 6.61 Å². The van der Waals surface area contributed by atoms with Gasteiger partial charge in [-0.15, -0.1) is 0 Å². The standard InChI is InChI=1S/C12H15F3O2/c1-11(2,6-7-16)17-10-5-3-4-9(8-10)12(13,14)15/h3-5,8,16H,6-7H2,1-2H3. The fourth-order valence-corrected chi connectivity index (χ4v) is 1.38. The highest BCUT2D eigenvalue weighted by Crippen LogP contribution is 2.32. The van der Waals surface area contributed by atoms with Crippen LogP contribution in [0.3, 0.4) is 0 Å². The van der Waals surface area contributed by atoms with Crippen molar-refractivity contribution in [2.45, 2.75) is 32.0 Å². The Balaban J connectivity index is 2.86. The molecule has 0 radical (unpaired) electrons. The second-order valence-corrected chi connectivity index (χ2v) is 4.36. The molecule has 0 aliphatic carbocycles. The molecule has 5 heteroatoms. The molecule has 0 aliphatic heterocycles. The molecule has 2 nitrogen and oxygen atoms in total. The molecule has 0 bridgehead atoms. The van der Waals surface area contributed by atoms with Crippen LogP contribution in [0, 0.1) is 0 Å². The lowest BCUT2D eigenvalue weighted by atomic mass is 10.1. The van der Waals surface area contributed by atoms with Crippen LogP contribution < -0.4 is 4.74 Å². The van der Waals surface area contributed by atoms with Crippen LogP contribution in [-0.2, 0) is 6.18 Å². The van der Waals surface area contributed by atoms with Crippen LogP contribution in [0.4, 0.5) is 13.2 Å². The Labute approximate surface area is 98.0 Å². The molecule has 1 rings (SSSR count). The van der Waals surface area contributed by atoms with E-state index in [9.17, 15) is 13.2 Å². The minimum absolute atomic E-state index is 0.0774. The van der Waals surface area contributed by atoms with Crippen molar-refractivity contribution in [3.05, 3.63) is 29.8 Å². The first-order chi connectivity index (χ1) is 7.74. The van der Waals surface area contributed by atoms with Gasteiger partial charge in [-0.3, -0.25) is 0 Å². The van der Waals surface area contributed by atoms with E-state index in [1.165, 1.54) is 12.1 Å². The van der Waals surface area contributed by atoms with Crippen LogP contribution >= 0.6 is 0 Å². The van der Waals surface area contributed by atoms with Crippen LogP contribution in [0.2, 0.25) is 0 Å². The summed E-state index contributed by atoms with van der Waals surface area (Å²) in [5.74, 6) is 0.151. The van der Waals surface area contributed by atoms with E-state index >= 15 is 0 Å². The third-order valence-corrected chi connectivity index (χ3v) is 2.27. The Morgan fingerprint density at radius 1 is 1.24 bits per heavy atom. The molecule has 0 heterocycles. The number of aliphatic hydroxyl groups excluding tert-OH is 1. The van der Waals surface area contributed by atoms with Gasteiger partial charge < -0.3 is 9.84 Å². The van der Waals surface area contributed by atoms with Gasteiger partial charge in [-0.2, -0.15) is 13.2 Å². The summed E-state index contributed by atoms with van der Waals surface area (Å²) < 4.78 is 42.8. The topological polar surface area (TPSA) is 29.5 Å². The Bertz CT molecular complexity index is 372. The maximum atomic E-state index is 12.5. The average molecular weight is 248 g/mol. The number of hydrogen-bond acceptors (Lipinski definition) is 2. The number of halogens is 3. The Morgan fingerprint density at radius 2 is 1.88 bits per heavy atom. The van der Waals surface area contributed by atoms with Gasteiger partial charge in [-0.25, -0.2) is 0 Å². The van der Waals surface area contributed by atoms with Crippen LogP contribution in [0.25, 0.3) is 0 Å². The summed E-state index contributed by atoms with van der Waals surface area (Å²) in [5.41, 5.74) is -1.44. The molecule has 0 amide bonds. The summed E-state index contributed by atoms with van der Waals surface area (Å²) in [6.07, 6.45) is -4.02. The lowest BCUT2D eigenvalue weighted by molar-refractivity contribution is -0.137. The monoisotopic (exact) mass is 248 g/mol. The SMILES string of the molecule is CC(C)(CCO)Oc1cccc(C(F)(F)F)c1. The van der Waals surface area contributed by atoms with Crippen molar-refractivity contribution < 1.29 is 23.0 Å². The van der Waals surface area contributed by atoms with Gasteiger partial charge in [0.1, 0.15) is 11.4 Å². The number of benzene rings is 1. The summed E-state index contributed by atoms with van der Waals surface area (Å²) in [7, 11) is 0. The summed E-state index contributed by atoms with van der Waals surface area (Å²) >= 11 is 0. The number of hydrogen-bond donors (Lipinski definition) is 1. The molecule has 0 atom stereocenters. The molecule has 0 saturated heterocycles. The fourth-order valence-electron chi connectivity index (χ4n) is 1.38. The first-order valence-electron chi connectivity index (χ1n) is 5.22. The van der Waals surface area contributed by atoms with Crippen LogP contribution in [0.5, 0.6) is 5.75 Å². The zero-order valence-electron chi connectivity index (χ0n) is 9.71. The van der Waals surface area contributed by atoms with Gasteiger partial charge in [-0.1, -0.05) is 6.07 Å². The van der Waals surface area contributed by atoms with Crippen LogP contribution in [0.1, 0.15) is 25.8 Å². The van der Waals surface area contributed by atoms with Crippen molar-refractivity contribution in [3.8, 4) is 5.75 Å². The van der Waals surface area contributed by atoms with Gasteiger partial charge >= 0.3 is 6.18 Å². The molecular formula is C12H15F3O2. The Hall–Kier alpha value is -1.23. The van der Waals surface area contributed by atoms with Crippen LogP contribution in [0.15, 0.2) is 24.3 Å². The lowest BCUT2D eigenvalue weighted by Gasteiger charge is -2.26.